The molecular formula is C17H19FN2O2S. The summed E-state index contributed by atoms with van der Waals surface area (Å²) in [5.41, 5.74) is 0.0960. The van der Waals surface area contributed by atoms with Crippen molar-refractivity contribution in [2.24, 2.45) is 5.41 Å². The molecule has 6 heteroatoms. The van der Waals surface area contributed by atoms with Gasteiger partial charge in [0.15, 0.2) is 10.7 Å². The first-order chi connectivity index (χ1) is 11.0. The van der Waals surface area contributed by atoms with Crippen LogP contribution in [0.25, 0.3) is 0 Å². The van der Waals surface area contributed by atoms with Gasteiger partial charge < -0.3 is 15.4 Å². The molecule has 2 N–H and O–H groups in total. The average Bonchev–Trinajstić information content (AvgIpc) is 2.99. The Balaban J connectivity index is 1.86. The molecule has 2 aliphatic carbocycles. The molecule has 0 radical (unpaired) electrons. The van der Waals surface area contributed by atoms with Crippen LogP contribution >= 0.6 is 12.2 Å². The number of nitrogens with one attached hydrogen (secondary N) is 2. The molecule has 2 spiro atoms. The second kappa shape index (κ2) is 4.98. The number of amides is 1. The number of hydrogen-bond donors (Lipinski definition) is 2. The van der Waals surface area contributed by atoms with Crippen molar-refractivity contribution in [1.82, 2.24) is 10.6 Å². The van der Waals surface area contributed by atoms with Gasteiger partial charge in [-0.1, -0.05) is 12.1 Å². The highest BCUT2D eigenvalue weighted by Gasteiger charge is 2.65. The number of fused-ring (bicyclic) bond motifs is 3. The van der Waals surface area contributed by atoms with Crippen molar-refractivity contribution in [3.8, 4) is 0 Å². The first-order valence-corrected chi connectivity index (χ1v) is 8.37. The van der Waals surface area contributed by atoms with Crippen molar-refractivity contribution in [1.29, 1.82) is 0 Å². The lowest BCUT2D eigenvalue weighted by Crippen LogP contribution is -2.56. The fraction of sp³-hybridized carbons (Fsp3) is 0.529. The summed E-state index contributed by atoms with van der Waals surface area (Å²) in [6.45, 7) is 0. The van der Waals surface area contributed by atoms with E-state index in [9.17, 15) is 9.18 Å². The molecule has 4 rings (SSSR count). The van der Waals surface area contributed by atoms with Gasteiger partial charge in [-0.3, -0.25) is 4.79 Å². The molecule has 0 bridgehead atoms. The van der Waals surface area contributed by atoms with Crippen molar-refractivity contribution in [2.75, 3.05) is 7.11 Å². The molecule has 1 amide bonds. The third-order valence-electron chi connectivity index (χ3n) is 5.93. The summed E-state index contributed by atoms with van der Waals surface area (Å²) in [6, 6.07) is 5.00. The van der Waals surface area contributed by atoms with Gasteiger partial charge in [-0.05, 0) is 61.5 Å². The summed E-state index contributed by atoms with van der Waals surface area (Å²) < 4.78 is 19.9. The van der Waals surface area contributed by atoms with E-state index < -0.39 is 5.54 Å². The monoisotopic (exact) mass is 334 g/mol. The van der Waals surface area contributed by atoms with E-state index in [0.717, 1.165) is 31.2 Å². The van der Waals surface area contributed by atoms with Crippen molar-refractivity contribution in [3.05, 3.63) is 35.1 Å². The molecule has 23 heavy (non-hydrogen) atoms. The largest absolute Gasteiger partial charge is 0.381 e. The topological polar surface area (TPSA) is 50.4 Å². The van der Waals surface area contributed by atoms with Crippen LogP contribution in [-0.4, -0.2) is 24.2 Å². The smallest absolute Gasteiger partial charge is 0.257 e. The quantitative estimate of drug-likeness (QED) is 0.773. The maximum absolute atomic E-state index is 14.4. The number of hydrogen-bond acceptors (Lipinski definition) is 3. The van der Waals surface area contributed by atoms with Crippen LogP contribution in [0.5, 0.6) is 0 Å². The highest BCUT2D eigenvalue weighted by atomic mass is 32.1. The number of halogens is 1. The number of benzene rings is 1. The lowest BCUT2D eigenvalue weighted by molar-refractivity contribution is -0.131. The number of carbonyl (C=O) groups excluding carboxylic acids is 1. The first-order valence-electron chi connectivity index (χ1n) is 7.97. The minimum absolute atomic E-state index is 0.150. The van der Waals surface area contributed by atoms with E-state index in [1.54, 1.807) is 13.2 Å². The predicted molar refractivity (Wildman–Crippen MR) is 87.4 cm³/mol. The summed E-state index contributed by atoms with van der Waals surface area (Å²) in [6.07, 6.45) is 4.13. The van der Waals surface area contributed by atoms with Gasteiger partial charge >= 0.3 is 0 Å². The van der Waals surface area contributed by atoms with Crippen LogP contribution in [0.2, 0.25) is 0 Å². The molecule has 2 fully saturated rings. The number of carbonyl (C=O) groups is 1. The Kier molecular flexibility index (Phi) is 3.25. The Labute approximate surface area is 139 Å². The standard InChI is InChI=1S/C17H19FN2O2S/c1-22-10-5-7-16(8-6-10)9-11-12(3-2-4-13(11)18)17(16)14(21)19-15(23)20-17/h2-4,10H,5-9H2,1H3,(H2,19,20,21,23). The molecule has 3 aliphatic rings. The van der Waals surface area contributed by atoms with Crippen molar-refractivity contribution in [3.63, 3.8) is 0 Å². The Bertz CT molecular complexity index is 700. The highest BCUT2D eigenvalue weighted by molar-refractivity contribution is 7.80. The Hall–Kier alpha value is -1.53. The molecule has 0 aromatic heterocycles. The minimum Gasteiger partial charge on any atom is -0.381 e. The fourth-order valence-electron chi connectivity index (χ4n) is 4.80. The van der Waals surface area contributed by atoms with Gasteiger partial charge in [0.2, 0.25) is 0 Å². The number of rotatable bonds is 1. The van der Waals surface area contributed by atoms with Crippen LogP contribution in [0.4, 0.5) is 4.39 Å². The molecule has 1 aromatic rings. The average molecular weight is 334 g/mol. The van der Waals surface area contributed by atoms with E-state index in [4.69, 9.17) is 17.0 Å². The van der Waals surface area contributed by atoms with Crippen LogP contribution < -0.4 is 10.6 Å². The molecule has 1 unspecified atom stereocenters. The highest BCUT2D eigenvalue weighted by Crippen LogP contribution is 2.59. The lowest BCUT2D eigenvalue weighted by atomic mass is 9.61. The molecule has 122 valence electrons. The maximum atomic E-state index is 14.4. The van der Waals surface area contributed by atoms with Gasteiger partial charge in [-0.25, -0.2) is 4.39 Å². The van der Waals surface area contributed by atoms with Crippen LogP contribution in [0, 0.1) is 11.2 Å². The van der Waals surface area contributed by atoms with E-state index in [1.807, 2.05) is 6.07 Å². The van der Waals surface area contributed by atoms with Crippen LogP contribution in [0.1, 0.15) is 36.8 Å². The van der Waals surface area contributed by atoms with Crippen LogP contribution in [-0.2, 0) is 21.5 Å². The lowest BCUT2D eigenvalue weighted by Gasteiger charge is -2.46. The number of methoxy groups -OCH3 is 1. The first kappa shape index (κ1) is 15.0. The van der Waals surface area contributed by atoms with Gasteiger partial charge in [0.05, 0.1) is 6.10 Å². The number of thiocarbonyl (C=S) groups is 1. The van der Waals surface area contributed by atoms with E-state index >= 15 is 0 Å². The molecule has 1 aromatic carbocycles. The molecule has 4 nitrogen and oxygen atoms in total. The minimum atomic E-state index is -0.944. The van der Waals surface area contributed by atoms with E-state index in [1.165, 1.54) is 6.07 Å². The van der Waals surface area contributed by atoms with E-state index in [2.05, 4.69) is 10.6 Å². The van der Waals surface area contributed by atoms with Crippen LogP contribution in [0.15, 0.2) is 18.2 Å². The third-order valence-corrected chi connectivity index (χ3v) is 6.13. The summed E-state index contributed by atoms with van der Waals surface area (Å²) in [5, 5.41) is 6.29. The summed E-state index contributed by atoms with van der Waals surface area (Å²) in [5.74, 6) is -0.386. The molecule has 1 atom stereocenters. The fourth-order valence-corrected chi connectivity index (χ4v) is 5.04. The Morgan fingerprint density at radius 2 is 2.09 bits per heavy atom. The number of ether oxygens (including phenoxy) is 1. The zero-order valence-corrected chi connectivity index (χ0v) is 13.8. The van der Waals surface area contributed by atoms with Crippen molar-refractivity contribution < 1.29 is 13.9 Å². The third kappa shape index (κ3) is 1.85. The SMILES string of the molecule is COC1CCC2(CC1)Cc1c(F)cccc1C21NC(=S)NC1=O. The summed E-state index contributed by atoms with van der Waals surface area (Å²) >= 11 is 5.20. The zero-order valence-electron chi connectivity index (χ0n) is 12.9. The maximum Gasteiger partial charge on any atom is 0.257 e. The molecule has 1 aliphatic heterocycles. The second-order valence-electron chi connectivity index (χ2n) is 6.82. The molecule has 1 heterocycles. The van der Waals surface area contributed by atoms with Gasteiger partial charge in [-0.15, -0.1) is 0 Å². The van der Waals surface area contributed by atoms with Crippen molar-refractivity contribution in [2.45, 2.75) is 43.7 Å². The predicted octanol–water partition coefficient (Wildman–Crippen LogP) is 2.16. The normalized spacial score (nSPS) is 35.5. The van der Waals surface area contributed by atoms with Gasteiger partial charge in [-0.2, -0.15) is 0 Å². The zero-order chi connectivity index (χ0) is 16.2. The van der Waals surface area contributed by atoms with Gasteiger partial charge in [0.25, 0.3) is 5.91 Å². The second-order valence-corrected chi connectivity index (χ2v) is 7.22. The van der Waals surface area contributed by atoms with Crippen molar-refractivity contribution >= 4 is 23.2 Å². The van der Waals surface area contributed by atoms with Gasteiger partial charge in [0, 0.05) is 12.5 Å². The van der Waals surface area contributed by atoms with Crippen LogP contribution in [0.3, 0.4) is 0 Å². The van der Waals surface area contributed by atoms with Gasteiger partial charge in [0.1, 0.15) is 5.82 Å². The summed E-state index contributed by atoms with van der Waals surface area (Å²) in [7, 11) is 1.72. The molecular weight excluding hydrogens is 315 g/mol. The molecule has 1 saturated carbocycles. The van der Waals surface area contributed by atoms with E-state index in [0.29, 0.717) is 17.1 Å². The molecule has 1 saturated heterocycles. The Morgan fingerprint density at radius 3 is 2.70 bits per heavy atom. The van der Waals surface area contributed by atoms with E-state index in [-0.39, 0.29) is 23.2 Å². The Morgan fingerprint density at radius 1 is 1.35 bits per heavy atom. The summed E-state index contributed by atoms with van der Waals surface area (Å²) in [4.78, 5) is 12.9.